The van der Waals surface area contributed by atoms with Crippen molar-refractivity contribution in [3.05, 3.63) is 39.9 Å². The number of nitrogens with one attached hydrogen (secondary N) is 1. The summed E-state index contributed by atoms with van der Waals surface area (Å²) in [5.41, 5.74) is 2.26. The van der Waals surface area contributed by atoms with Crippen LogP contribution in [-0.2, 0) is 0 Å². The van der Waals surface area contributed by atoms with Gasteiger partial charge in [-0.15, -0.1) is 5.10 Å². The Hall–Kier alpha value is -2.57. The van der Waals surface area contributed by atoms with Crippen molar-refractivity contribution in [3.63, 3.8) is 0 Å². The maximum atomic E-state index is 12.5. The van der Waals surface area contributed by atoms with E-state index in [0.717, 1.165) is 5.69 Å². The van der Waals surface area contributed by atoms with Crippen LogP contribution in [0.25, 0.3) is 17.0 Å². The minimum atomic E-state index is -0.172. The number of fused-ring (bicyclic) bond motifs is 1. The smallest absolute Gasteiger partial charge is 0.268 e. The predicted octanol–water partition coefficient (Wildman–Crippen LogP) is 0.491. The highest BCUT2D eigenvalue weighted by Crippen LogP contribution is 2.13. The van der Waals surface area contributed by atoms with Gasteiger partial charge >= 0.3 is 0 Å². The summed E-state index contributed by atoms with van der Waals surface area (Å²) in [6.07, 6.45) is 0. The first kappa shape index (κ1) is 10.6. The summed E-state index contributed by atoms with van der Waals surface area (Å²) in [6.45, 7) is 3.62. The first-order valence-corrected chi connectivity index (χ1v) is 5.41. The second kappa shape index (κ2) is 3.73. The predicted molar refractivity (Wildman–Crippen MR) is 64.1 cm³/mol. The molecule has 0 bridgehead atoms. The summed E-state index contributed by atoms with van der Waals surface area (Å²) >= 11 is 0. The molecule has 18 heavy (non-hydrogen) atoms. The minimum Gasteiger partial charge on any atom is -0.268 e. The average molecular weight is 242 g/mol. The lowest BCUT2D eigenvalue weighted by Crippen LogP contribution is -2.21. The van der Waals surface area contributed by atoms with Gasteiger partial charge in [-0.25, -0.2) is 10.1 Å². The molecule has 3 aromatic rings. The molecule has 90 valence electrons. The standard InChI is InChI=1S/C11H10N6O/c1-6-4-3-5-8-12-7(2)9(11(18)17(6)8)10-13-15-16-14-10/h3-5H,1-2H3,(H,13,14,15,16). The maximum Gasteiger partial charge on any atom is 0.269 e. The fourth-order valence-electron chi connectivity index (χ4n) is 1.99. The molecule has 0 radical (unpaired) electrons. The van der Waals surface area contributed by atoms with Crippen molar-refractivity contribution >= 4 is 5.65 Å². The van der Waals surface area contributed by atoms with Crippen LogP contribution in [0.4, 0.5) is 0 Å². The van der Waals surface area contributed by atoms with Gasteiger partial charge in [0.2, 0.25) is 0 Å². The summed E-state index contributed by atoms with van der Waals surface area (Å²) in [5.74, 6) is 0.336. The number of tetrazole rings is 1. The first-order chi connectivity index (χ1) is 8.68. The Morgan fingerprint density at radius 1 is 1.28 bits per heavy atom. The lowest BCUT2D eigenvalue weighted by molar-refractivity contribution is 0.881. The van der Waals surface area contributed by atoms with Gasteiger partial charge in [0.1, 0.15) is 11.2 Å². The highest BCUT2D eigenvalue weighted by atomic mass is 16.1. The SMILES string of the molecule is Cc1nc2cccc(C)n2c(=O)c1-c1nnn[nH]1. The van der Waals surface area contributed by atoms with E-state index in [1.807, 2.05) is 19.1 Å². The summed E-state index contributed by atoms with van der Waals surface area (Å²) < 4.78 is 1.55. The van der Waals surface area contributed by atoms with Gasteiger partial charge < -0.3 is 0 Å². The quantitative estimate of drug-likeness (QED) is 0.670. The zero-order valence-corrected chi connectivity index (χ0v) is 9.88. The Kier molecular flexibility index (Phi) is 2.19. The highest BCUT2D eigenvalue weighted by molar-refractivity contribution is 5.58. The monoisotopic (exact) mass is 242 g/mol. The van der Waals surface area contributed by atoms with Gasteiger partial charge in [-0.1, -0.05) is 6.07 Å². The Morgan fingerprint density at radius 3 is 2.83 bits per heavy atom. The van der Waals surface area contributed by atoms with Gasteiger partial charge in [0, 0.05) is 5.69 Å². The van der Waals surface area contributed by atoms with Crippen LogP contribution >= 0.6 is 0 Å². The number of rotatable bonds is 1. The summed E-state index contributed by atoms with van der Waals surface area (Å²) in [5, 5.41) is 13.3. The van der Waals surface area contributed by atoms with Gasteiger partial charge in [0.15, 0.2) is 5.82 Å². The summed E-state index contributed by atoms with van der Waals surface area (Å²) in [6, 6.07) is 5.52. The van der Waals surface area contributed by atoms with Crippen molar-refractivity contribution in [2.45, 2.75) is 13.8 Å². The van der Waals surface area contributed by atoms with E-state index in [0.29, 0.717) is 22.7 Å². The number of aryl methyl sites for hydroxylation is 2. The molecule has 0 saturated heterocycles. The molecule has 0 aliphatic rings. The zero-order chi connectivity index (χ0) is 12.7. The fraction of sp³-hybridized carbons (Fsp3) is 0.182. The van der Waals surface area contributed by atoms with E-state index in [9.17, 15) is 4.79 Å². The van der Waals surface area contributed by atoms with Gasteiger partial charge in [-0.05, 0) is 36.4 Å². The molecule has 0 spiro atoms. The minimum absolute atomic E-state index is 0.172. The van der Waals surface area contributed by atoms with Crippen LogP contribution in [0.5, 0.6) is 0 Å². The molecule has 1 N–H and O–H groups in total. The van der Waals surface area contributed by atoms with Crippen molar-refractivity contribution < 1.29 is 0 Å². The van der Waals surface area contributed by atoms with Crippen LogP contribution in [0.3, 0.4) is 0 Å². The molecule has 0 atom stereocenters. The van der Waals surface area contributed by atoms with E-state index < -0.39 is 0 Å². The number of hydrogen-bond donors (Lipinski definition) is 1. The molecule has 7 nitrogen and oxygen atoms in total. The van der Waals surface area contributed by atoms with Crippen molar-refractivity contribution in [1.29, 1.82) is 0 Å². The molecule has 0 unspecified atom stereocenters. The van der Waals surface area contributed by atoms with Crippen molar-refractivity contribution in [2.24, 2.45) is 0 Å². The van der Waals surface area contributed by atoms with Crippen molar-refractivity contribution in [3.8, 4) is 11.4 Å². The molecule has 0 aromatic carbocycles. The van der Waals surface area contributed by atoms with E-state index >= 15 is 0 Å². The molecular weight excluding hydrogens is 232 g/mol. The molecular formula is C11H10N6O. The number of aromatic amines is 1. The number of H-pyrrole nitrogens is 1. The molecule has 3 rings (SSSR count). The molecule has 0 saturated carbocycles. The largest absolute Gasteiger partial charge is 0.269 e. The molecule has 0 aliphatic carbocycles. The van der Waals surface area contributed by atoms with Crippen LogP contribution in [0.1, 0.15) is 11.4 Å². The van der Waals surface area contributed by atoms with E-state index in [1.165, 1.54) is 0 Å². The number of nitrogens with zero attached hydrogens (tertiary/aromatic N) is 5. The van der Waals surface area contributed by atoms with Gasteiger partial charge in [-0.2, -0.15) is 0 Å². The third-order valence-corrected chi connectivity index (χ3v) is 2.81. The van der Waals surface area contributed by atoms with Gasteiger partial charge in [0.25, 0.3) is 5.56 Å². The van der Waals surface area contributed by atoms with Crippen LogP contribution in [0.2, 0.25) is 0 Å². The Labute approximate surface area is 102 Å². The lowest BCUT2D eigenvalue weighted by Gasteiger charge is -2.07. The highest BCUT2D eigenvalue weighted by Gasteiger charge is 2.15. The third kappa shape index (κ3) is 1.41. The van der Waals surface area contributed by atoms with Crippen molar-refractivity contribution in [1.82, 2.24) is 30.0 Å². The summed E-state index contributed by atoms with van der Waals surface area (Å²) in [7, 11) is 0. The third-order valence-electron chi connectivity index (χ3n) is 2.81. The molecule has 0 aliphatic heterocycles. The van der Waals surface area contributed by atoms with Crippen LogP contribution in [-0.4, -0.2) is 30.0 Å². The molecule has 0 fully saturated rings. The molecule has 7 heteroatoms. The lowest BCUT2D eigenvalue weighted by atomic mass is 10.2. The van der Waals surface area contributed by atoms with E-state index in [1.54, 1.807) is 17.4 Å². The Bertz CT molecular complexity index is 774. The second-order valence-electron chi connectivity index (χ2n) is 3.99. The molecule has 0 amide bonds. The zero-order valence-electron chi connectivity index (χ0n) is 9.88. The molecule has 3 heterocycles. The Balaban J connectivity index is 2.48. The molecule has 3 aromatic heterocycles. The number of hydrogen-bond acceptors (Lipinski definition) is 5. The van der Waals surface area contributed by atoms with Crippen LogP contribution in [0, 0.1) is 13.8 Å². The summed E-state index contributed by atoms with van der Waals surface area (Å²) in [4.78, 5) is 16.9. The fourth-order valence-corrected chi connectivity index (χ4v) is 1.99. The number of pyridine rings is 1. The topological polar surface area (TPSA) is 88.8 Å². The van der Waals surface area contributed by atoms with Crippen LogP contribution < -0.4 is 5.56 Å². The normalized spacial score (nSPS) is 11.0. The van der Waals surface area contributed by atoms with Crippen LogP contribution in [0.15, 0.2) is 23.0 Å². The van der Waals surface area contributed by atoms with E-state index in [2.05, 4.69) is 25.6 Å². The first-order valence-electron chi connectivity index (χ1n) is 5.41. The second-order valence-corrected chi connectivity index (χ2v) is 3.99. The number of aromatic nitrogens is 6. The van der Waals surface area contributed by atoms with Crippen molar-refractivity contribution in [2.75, 3.05) is 0 Å². The maximum absolute atomic E-state index is 12.5. The average Bonchev–Trinajstić information content (AvgIpc) is 2.82. The van der Waals surface area contributed by atoms with E-state index in [4.69, 9.17) is 0 Å². The van der Waals surface area contributed by atoms with Gasteiger partial charge in [0.05, 0.1) is 5.69 Å². The van der Waals surface area contributed by atoms with E-state index in [-0.39, 0.29) is 5.56 Å². The van der Waals surface area contributed by atoms with Gasteiger partial charge in [-0.3, -0.25) is 9.20 Å². The Morgan fingerprint density at radius 2 is 2.11 bits per heavy atom.